The molecule has 25 heavy (non-hydrogen) atoms. The van der Waals surface area contributed by atoms with Crippen LogP contribution in [-0.4, -0.2) is 46.3 Å². The number of piperidine rings is 1. The quantitative estimate of drug-likeness (QED) is 0.838. The monoisotopic (exact) mass is 339 g/mol. The van der Waals surface area contributed by atoms with E-state index in [1.54, 1.807) is 6.33 Å². The molecule has 5 heteroatoms. The molecule has 132 valence electrons. The first-order valence-corrected chi connectivity index (χ1v) is 9.10. The lowest BCUT2D eigenvalue weighted by atomic mass is 9.85. The molecule has 2 aliphatic rings. The summed E-state index contributed by atoms with van der Waals surface area (Å²) in [6, 6.07) is 10.4. The zero-order valence-electron chi connectivity index (χ0n) is 14.5. The summed E-state index contributed by atoms with van der Waals surface area (Å²) in [6.45, 7) is 4.28. The summed E-state index contributed by atoms with van der Waals surface area (Å²) >= 11 is 0. The zero-order valence-corrected chi connectivity index (χ0v) is 14.5. The third-order valence-electron chi connectivity index (χ3n) is 5.31. The van der Waals surface area contributed by atoms with Crippen LogP contribution in [0, 0.1) is 0 Å². The third-order valence-corrected chi connectivity index (χ3v) is 5.31. The van der Waals surface area contributed by atoms with Gasteiger partial charge in [-0.1, -0.05) is 30.3 Å². The average molecular weight is 339 g/mol. The maximum atomic E-state index is 6.38. The molecular weight excluding hydrogens is 314 g/mol. The zero-order chi connectivity index (χ0) is 17.0. The lowest BCUT2D eigenvalue weighted by Crippen LogP contribution is -2.56. The maximum absolute atomic E-state index is 6.38. The van der Waals surface area contributed by atoms with Gasteiger partial charge in [-0.3, -0.25) is 4.90 Å². The molecule has 2 fully saturated rings. The van der Waals surface area contributed by atoms with Crippen molar-refractivity contribution in [2.24, 2.45) is 0 Å². The number of benzene rings is 1. The Morgan fingerprint density at radius 3 is 2.72 bits per heavy atom. The van der Waals surface area contributed by atoms with E-state index in [1.165, 1.54) is 5.56 Å². The standard InChI is InChI=1S/C20H25N3O2/c1-2-5-17(6-3-1)15-24-19-14-23(13-18-11-21-16-22-12-18)9-8-20(19)7-4-10-25-20/h1-3,5-6,11-12,16,19H,4,7-10,13-15H2/t19-,20-/m0/s1. The van der Waals surface area contributed by atoms with E-state index in [-0.39, 0.29) is 11.7 Å². The van der Waals surface area contributed by atoms with Crippen LogP contribution in [0.4, 0.5) is 0 Å². The van der Waals surface area contributed by atoms with Crippen LogP contribution in [0.5, 0.6) is 0 Å². The van der Waals surface area contributed by atoms with Gasteiger partial charge in [0.1, 0.15) is 6.33 Å². The highest BCUT2D eigenvalue weighted by Gasteiger charge is 2.47. The van der Waals surface area contributed by atoms with E-state index >= 15 is 0 Å². The lowest BCUT2D eigenvalue weighted by molar-refractivity contribution is -0.159. The van der Waals surface area contributed by atoms with Crippen LogP contribution in [0.1, 0.15) is 30.4 Å². The lowest BCUT2D eigenvalue weighted by Gasteiger charge is -2.44. The Balaban J connectivity index is 1.43. The molecule has 0 saturated carbocycles. The Morgan fingerprint density at radius 1 is 1.12 bits per heavy atom. The first-order chi connectivity index (χ1) is 12.3. The highest BCUT2D eigenvalue weighted by molar-refractivity contribution is 5.14. The van der Waals surface area contributed by atoms with Crippen molar-refractivity contribution in [3.05, 3.63) is 60.2 Å². The van der Waals surface area contributed by atoms with Crippen LogP contribution in [0.3, 0.4) is 0 Å². The molecule has 2 aromatic rings. The molecule has 1 aromatic carbocycles. The van der Waals surface area contributed by atoms with Crippen molar-refractivity contribution in [1.29, 1.82) is 0 Å². The fraction of sp³-hybridized carbons (Fsp3) is 0.500. The minimum Gasteiger partial charge on any atom is -0.372 e. The Labute approximate surface area is 149 Å². The number of aromatic nitrogens is 2. The fourth-order valence-electron chi connectivity index (χ4n) is 3.96. The number of ether oxygens (including phenoxy) is 2. The molecule has 2 atom stereocenters. The molecule has 5 nitrogen and oxygen atoms in total. The van der Waals surface area contributed by atoms with E-state index in [9.17, 15) is 0 Å². The molecule has 0 bridgehead atoms. The molecule has 0 N–H and O–H groups in total. The summed E-state index contributed by atoms with van der Waals surface area (Å²) in [6.07, 6.45) is 8.74. The number of hydrogen-bond acceptors (Lipinski definition) is 5. The van der Waals surface area contributed by atoms with E-state index in [0.717, 1.165) is 51.1 Å². The van der Waals surface area contributed by atoms with Crippen LogP contribution in [0.2, 0.25) is 0 Å². The first kappa shape index (κ1) is 16.6. The Kier molecular flexibility index (Phi) is 5.06. The van der Waals surface area contributed by atoms with Gasteiger partial charge in [-0.15, -0.1) is 0 Å². The number of hydrogen-bond donors (Lipinski definition) is 0. The van der Waals surface area contributed by atoms with Crippen LogP contribution < -0.4 is 0 Å². The molecule has 3 heterocycles. The second kappa shape index (κ2) is 7.60. The molecule has 0 aliphatic carbocycles. The highest BCUT2D eigenvalue weighted by atomic mass is 16.6. The van der Waals surface area contributed by atoms with Crippen LogP contribution in [0.25, 0.3) is 0 Å². The number of rotatable bonds is 5. The Bertz CT molecular complexity index is 659. The molecular formula is C20H25N3O2. The summed E-state index contributed by atoms with van der Waals surface area (Å²) in [4.78, 5) is 10.7. The van der Waals surface area contributed by atoms with E-state index in [2.05, 4.69) is 39.1 Å². The molecule has 2 saturated heterocycles. The fourth-order valence-corrected chi connectivity index (χ4v) is 3.96. The maximum Gasteiger partial charge on any atom is 0.115 e. The molecule has 4 rings (SSSR count). The highest BCUT2D eigenvalue weighted by Crippen LogP contribution is 2.38. The predicted octanol–water partition coefficient (Wildman–Crippen LogP) is 2.82. The van der Waals surface area contributed by atoms with Gasteiger partial charge in [-0.2, -0.15) is 0 Å². The first-order valence-electron chi connectivity index (χ1n) is 9.10. The largest absolute Gasteiger partial charge is 0.372 e. The van der Waals surface area contributed by atoms with Crippen molar-refractivity contribution in [1.82, 2.24) is 14.9 Å². The van der Waals surface area contributed by atoms with Gasteiger partial charge in [0, 0.05) is 44.2 Å². The second-order valence-corrected chi connectivity index (χ2v) is 7.03. The summed E-state index contributed by atoms with van der Waals surface area (Å²) < 4.78 is 12.6. The van der Waals surface area contributed by atoms with Gasteiger partial charge < -0.3 is 9.47 Å². The van der Waals surface area contributed by atoms with Gasteiger partial charge in [0.15, 0.2) is 0 Å². The van der Waals surface area contributed by atoms with Crippen molar-refractivity contribution in [3.8, 4) is 0 Å². The van der Waals surface area contributed by atoms with Crippen LogP contribution >= 0.6 is 0 Å². The van der Waals surface area contributed by atoms with E-state index in [0.29, 0.717) is 6.61 Å². The van der Waals surface area contributed by atoms with Crippen molar-refractivity contribution < 1.29 is 9.47 Å². The van der Waals surface area contributed by atoms with Gasteiger partial charge in [-0.05, 0) is 24.8 Å². The summed E-state index contributed by atoms with van der Waals surface area (Å²) in [5.41, 5.74) is 2.26. The minimum absolute atomic E-state index is 0.0987. The Hall–Kier alpha value is -1.82. The molecule has 1 spiro atoms. The molecule has 0 amide bonds. The van der Waals surface area contributed by atoms with Crippen molar-refractivity contribution in [2.75, 3.05) is 19.7 Å². The molecule has 0 unspecified atom stereocenters. The van der Waals surface area contributed by atoms with Crippen molar-refractivity contribution in [2.45, 2.75) is 44.1 Å². The van der Waals surface area contributed by atoms with Crippen LogP contribution in [0.15, 0.2) is 49.1 Å². The van der Waals surface area contributed by atoms with Gasteiger partial charge in [0.05, 0.1) is 18.3 Å². The average Bonchev–Trinajstić information content (AvgIpc) is 3.13. The number of likely N-dealkylation sites (tertiary alicyclic amines) is 1. The normalized spacial score (nSPS) is 27.0. The van der Waals surface area contributed by atoms with Gasteiger partial charge in [-0.25, -0.2) is 9.97 Å². The van der Waals surface area contributed by atoms with Crippen LogP contribution in [-0.2, 0) is 22.6 Å². The minimum atomic E-state index is -0.0987. The van der Waals surface area contributed by atoms with Gasteiger partial charge in [0.25, 0.3) is 0 Å². The summed E-state index contributed by atoms with van der Waals surface area (Å²) in [7, 11) is 0. The molecule has 1 aromatic heterocycles. The third kappa shape index (κ3) is 3.89. The number of nitrogens with zero attached hydrogens (tertiary/aromatic N) is 3. The van der Waals surface area contributed by atoms with Gasteiger partial charge >= 0.3 is 0 Å². The van der Waals surface area contributed by atoms with E-state index in [1.807, 2.05) is 18.5 Å². The SMILES string of the molecule is c1ccc(CO[C@H]2CN(Cc3cncnc3)CC[C@@]23CCCO3)cc1. The predicted molar refractivity (Wildman–Crippen MR) is 94.9 cm³/mol. The van der Waals surface area contributed by atoms with Crippen molar-refractivity contribution in [3.63, 3.8) is 0 Å². The Morgan fingerprint density at radius 2 is 1.96 bits per heavy atom. The summed E-state index contributed by atoms with van der Waals surface area (Å²) in [5.74, 6) is 0. The molecule has 0 radical (unpaired) electrons. The smallest absolute Gasteiger partial charge is 0.115 e. The summed E-state index contributed by atoms with van der Waals surface area (Å²) in [5, 5.41) is 0. The van der Waals surface area contributed by atoms with E-state index < -0.39 is 0 Å². The van der Waals surface area contributed by atoms with Crippen molar-refractivity contribution >= 4 is 0 Å². The molecule has 2 aliphatic heterocycles. The van der Waals surface area contributed by atoms with E-state index in [4.69, 9.17) is 9.47 Å². The second-order valence-electron chi connectivity index (χ2n) is 7.03. The topological polar surface area (TPSA) is 47.5 Å². The van der Waals surface area contributed by atoms with Gasteiger partial charge in [0.2, 0.25) is 0 Å².